The van der Waals surface area contributed by atoms with Gasteiger partial charge >= 0.3 is 0 Å². The lowest BCUT2D eigenvalue weighted by Crippen LogP contribution is -2.54. The van der Waals surface area contributed by atoms with E-state index < -0.39 is 18.1 Å². The van der Waals surface area contributed by atoms with Crippen LogP contribution in [0.3, 0.4) is 0 Å². The van der Waals surface area contributed by atoms with Gasteiger partial charge in [-0.15, -0.1) is 0 Å². The molecule has 0 saturated carbocycles. The minimum atomic E-state index is -1.04. The predicted molar refractivity (Wildman–Crippen MR) is 144 cm³/mol. The van der Waals surface area contributed by atoms with Crippen LogP contribution in [0.1, 0.15) is 29.5 Å². The largest absolute Gasteiger partial charge is 0.391 e. The number of benzene rings is 3. The van der Waals surface area contributed by atoms with E-state index in [4.69, 9.17) is 39.0 Å². The Morgan fingerprint density at radius 3 is 2.28 bits per heavy atom. The molecule has 0 radical (unpaired) electrons. The molecule has 186 valence electrons. The molecule has 1 aliphatic rings. The first-order valence-corrected chi connectivity index (χ1v) is 12.3. The zero-order valence-electron chi connectivity index (χ0n) is 19.7. The topological polar surface area (TPSA) is 103 Å². The van der Waals surface area contributed by atoms with Crippen molar-refractivity contribution in [3.05, 3.63) is 106 Å². The van der Waals surface area contributed by atoms with Gasteiger partial charge in [0.1, 0.15) is 6.04 Å². The highest BCUT2D eigenvalue weighted by atomic mass is 35.5. The van der Waals surface area contributed by atoms with Crippen LogP contribution >= 0.6 is 23.2 Å². The fourth-order valence-electron chi connectivity index (χ4n) is 3.99. The van der Waals surface area contributed by atoms with E-state index in [1.807, 2.05) is 54.6 Å². The number of carbonyl (C=O) groups is 1. The average Bonchev–Trinajstić information content (AvgIpc) is 3.31. The van der Waals surface area contributed by atoms with Crippen molar-refractivity contribution in [2.24, 2.45) is 15.8 Å². The van der Waals surface area contributed by atoms with Crippen molar-refractivity contribution in [2.75, 3.05) is 6.54 Å². The van der Waals surface area contributed by atoms with Gasteiger partial charge in [-0.2, -0.15) is 5.10 Å². The molecule has 7 nitrogen and oxygen atoms in total. The fraction of sp³-hybridized carbons (Fsp3) is 0.222. The van der Waals surface area contributed by atoms with Crippen LogP contribution in [0.5, 0.6) is 0 Å². The number of halogens is 2. The molecular formula is C27H27Cl2N5O2. The van der Waals surface area contributed by atoms with Gasteiger partial charge in [-0.05, 0) is 47.9 Å². The molecule has 3 atom stereocenters. The molecular weight excluding hydrogens is 497 g/mol. The Balaban J connectivity index is 1.72. The maximum Gasteiger partial charge on any atom is 0.242 e. The van der Waals surface area contributed by atoms with Crippen molar-refractivity contribution < 1.29 is 9.90 Å². The van der Waals surface area contributed by atoms with Gasteiger partial charge < -0.3 is 16.2 Å². The van der Waals surface area contributed by atoms with Crippen LogP contribution in [-0.4, -0.2) is 46.4 Å². The SMILES string of the molecule is C[C@@H](O)[C@@H](N/C(=N\Cc1ccc(Cl)cc1)N1C[C@@H](c2ccccc2)C(c2ccc(Cl)cc2)=N1)C(N)=O. The number of amides is 1. The Hall–Kier alpha value is -3.39. The minimum absolute atomic E-state index is 0.0616. The van der Waals surface area contributed by atoms with Gasteiger partial charge in [-0.25, -0.2) is 10.0 Å². The maximum absolute atomic E-state index is 12.1. The summed E-state index contributed by atoms with van der Waals surface area (Å²) in [7, 11) is 0. The number of hydrazone groups is 1. The molecule has 0 fully saturated rings. The highest BCUT2D eigenvalue weighted by Crippen LogP contribution is 2.29. The zero-order chi connectivity index (χ0) is 25.7. The monoisotopic (exact) mass is 523 g/mol. The number of guanidine groups is 1. The van der Waals surface area contributed by atoms with Crippen molar-refractivity contribution in [3.63, 3.8) is 0 Å². The Morgan fingerprint density at radius 1 is 1.08 bits per heavy atom. The third-order valence-electron chi connectivity index (χ3n) is 5.90. The molecule has 1 aliphatic heterocycles. The second-order valence-electron chi connectivity index (χ2n) is 8.57. The van der Waals surface area contributed by atoms with Crippen LogP contribution in [0.15, 0.2) is 89.0 Å². The lowest BCUT2D eigenvalue weighted by molar-refractivity contribution is -0.121. The molecule has 0 aromatic heterocycles. The normalized spacial score (nSPS) is 17.4. The number of nitrogens with two attached hydrogens (primary N) is 1. The molecule has 3 aromatic rings. The second-order valence-corrected chi connectivity index (χ2v) is 9.44. The van der Waals surface area contributed by atoms with E-state index in [1.165, 1.54) is 6.92 Å². The lowest BCUT2D eigenvalue weighted by Gasteiger charge is -2.25. The molecule has 0 spiro atoms. The summed E-state index contributed by atoms with van der Waals surface area (Å²) in [5, 5.41) is 21.1. The first kappa shape index (κ1) is 25.7. The van der Waals surface area contributed by atoms with Crippen LogP contribution in [-0.2, 0) is 11.3 Å². The Labute approximate surface area is 220 Å². The quantitative estimate of drug-likeness (QED) is 0.319. The van der Waals surface area contributed by atoms with Crippen molar-refractivity contribution >= 4 is 40.8 Å². The summed E-state index contributed by atoms with van der Waals surface area (Å²) < 4.78 is 0. The van der Waals surface area contributed by atoms with E-state index in [0.717, 1.165) is 22.4 Å². The minimum Gasteiger partial charge on any atom is -0.391 e. The van der Waals surface area contributed by atoms with E-state index in [1.54, 1.807) is 17.1 Å². The van der Waals surface area contributed by atoms with Crippen LogP contribution in [0.4, 0.5) is 0 Å². The molecule has 0 unspecified atom stereocenters. The standard InChI is InChI=1S/C27H27Cl2N5O2/c1-17(35)24(26(30)36)32-27(31-15-18-7-11-21(28)12-8-18)34-16-23(19-5-3-2-4-6-19)25(33-34)20-9-13-22(29)14-10-20/h2-14,17,23-24,35H,15-16H2,1H3,(H2,30,36)(H,31,32)/t17-,23+,24-/m1/s1. The number of hydrogen-bond acceptors (Lipinski definition) is 4. The number of aliphatic hydroxyl groups excluding tert-OH is 1. The predicted octanol–water partition coefficient (Wildman–Crippen LogP) is 4.18. The molecule has 0 aliphatic carbocycles. The van der Waals surface area contributed by atoms with Crippen LogP contribution in [0.2, 0.25) is 10.0 Å². The van der Waals surface area contributed by atoms with Crippen molar-refractivity contribution in [2.45, 2.75) is 31.5 Å². The maximum atomic E-state index is 12.1. The Kier molecular flexibility index (Phi) is 8.25. The van der Waals surface area contributed by atoms with Crippen molar-refractivity contribution in [3.8, 4) is 0 Å². The average molecular weight is 524 g/mol. The number of nitrogens with one attached hydrogen (secondary N) is 1. The van der Waals surface area contributed by atoms with Crippen LogP contribution in [0.25, 0.3) is 0 Å². The summed E-state index contributed by atoms with van der Waals surface area (Å²) in [6, 6.07) is 23.9. The number of hydrogen-bond donors (Lipinski definition) is 3. The molecule has 1 heterocycles. The molecule has 4 N–H and O–H groups in total. The molecule has 3 aromatic carbocycles. The van der Waals surface area contributed by atoms with Crippen LogP contribution < -0.4 is 11.1 Å². The summed E-state index contributed by atoms with van der Waals surface area (Å²) in [4.78, 5) is 16.8. The van der Waals surface area contributed by atoms with Gasteiger partial charge in [0.2, 0.25) is 11.9 Å². The first-order valence-electron chi connectivity index (χ1n) is 11.5. The number of aliphatic hydroxyl groups is 1. The highest BCUT2D eigenvalue weighted by Gasteiger charge is 2.33. The molecule has 4 rings (SSSR count). The summed E-state index contributed by atoms with van der Waals surface area (Å²) in [6.45, 7) is 2.28. The number of primary amides is 1. The molecule has 0 bridgehead atoms. The van der Waals surface area contributed by atoms with E-state index >= 15 is 0 Å². The van der Waals surface area contributed by atoms with Gasteiger partial charge in [0.15, 0.2) is 0 Å². The van der Waals surface area contributed by atoms with E-state index in [9.17, 15) is 9.90 Å². The number of rotatable bonds is 7. The first-order chi connectivity index (χ1) is 17.3. The third kappa shape index (κ3) is 6.23. The van der Waals surface area contributed by atoms with Gasteiger partial charge in [-0.3, -0.25) is 4.79 Å². The van der Waals surface area contributed by atoms with E-state index in [0.29, 0.717) is 29.1 Å². The van der Waals surface area contributed by atoms with Gasteiger partial charge in [0.25, 0.3) is 0 Å². The number of carbonyl (C=O) groups excluding carboxylic acids is 1. The van der Waals surface area contributed by atoms with Crippen LogP contribution in [0, 0.1) is 0 Å². The summed E-state index contributed by atoms with van der Waals surface area (Å²) in [5.74, 6) is -0.419. The van der Waals surface area contributed by atoms with Crippen molar-refractivity contribution in [1.29, 1.82) is 0 Å². The number of nitrogens with zero attached hydrogens (tertiary/aromatic N) is 3. The molecule has 9 heteroatoms. The fourth-order valence-corrected chi connectivity index (χ4v) is 4.24. The van der Waals surface area contributed by atoms with E-state index in [2.05, 4.69) is 17.4 Å². The second kappa shape index (κ2) is 11.6. The summed E-state index contributed by atoms with van der Waals surface area (Å²) in [5.41, 5.74) is 9.34. The highest BCUT2D eigenvalue weighted by molar-refractivity contribution is 6.31. The Bertz CT molecular complexity index is 1250. The smallest absolute Gasteiger partial charge is 0.242 e. The van der Waals surface area contributed by atoms with Gasteiger partial charge in [-0.1, -0.05) is 77.8 Å². The molecule has 1 amide bonds. The van der Waals surface area contributed by atoms with Gasteiger partial charge in [0.05, 0.1) is 24.9 Å². The summed E-state index contributed by atoms with van der Waals surface area (Å²) >= 11 is 12.1. The number of aliphatic imine (C=N–C) groups is 1. The third-order valence-corrected chi connectivity index (χ3v) is 6.40. The summed E-state index contributed by atoms with van der Waals surface area (Å²) in [6.07, 6.45) is -1.03. The molecule has 0 saturated heterocycles. The van der Waals surface area contributed by atoms with E-state index in [-0.39, 0.29) is 5.92 Å². The lowest BCUT2D eigenvalue weighted by atomic mass is 9.91. The Morgan fingerprint density at radius 2 is 1.69 bits per heavy atom. The zero-order valence-corrected chi connectivity index (χ0v) is 21.2. The van der Waals surface area contributed by atoms with Crippen molar-refractivity contribution in [1.82, 2.24) is 10.3 Å². The van der Waals surface area contributed by atoms with Gasteiger partial charge in [0, 0.05) is 16.0 Å². The molecule has 36 heavy (non-hydrogen) atoms.